The molecule has 2 N–H and O–H groups in total. The van der Waals surface area contributed by atoms with Crippen molar-refractivity contribution >= 4 is 5.69 Å². The Kier molecular flexibility index (Phi) is 5.43. The summed E-state index contributed by atoms with van der Waals surface area (Å²) in [5.41, 5.74) is -1.96. The van der Waals surface area contributed by atoms with E-state index < -0.39 is 35.4 Å². The molecule has 0 aliphatic heterocycles. The molecule has 1 rings (SSSR count). The van der Waals surface area contributed by atoms with E-state index in [4.69, 9.17) is 10.5 Å². The smallest absolute Gasteiger partial charge is 0.436 e. The zero-order valence-corrected chi connectivity index (χ0v) is 12.4. The lowest BCUT2D eigenvalue weighted by Crippen LogP contribution is -2.50. The van der Waals surface area contributed by atoms with Crippen molar-refractivity contribution in [3.8, 4) is 5.75 Å². The molecule has 0 aliphatic carbocycles. The average Bonchev–Trinajstić information content (AvgIpc) is 2.41. The van der Waals surface area contributed by atoms with Gasteiger partial charge in [-0.1, -0.05) is 13.8 Å². The van der Waals surface area contributed by atoms with Crippen LogP contribution in [0.4, 0.5) is 36.4 Å². The summed E-state index contributed by atoms with van der Waals surface area (Å²) in [5.74, 6) is -0.865. The first-order valence-corrected chi connectivity index (χ1v) is 6.77. The average molecular weight is 347 g/mol. The van der Waals surface area contributed by atoms with Crippen LogP contribution in [0, 0.1) is 0 Å². The molecule has 0 aromatic heterocycles. The van der Waals surface area contributed by atoms with Gasteiger partial charge in [-0.2, -0.15) is 26.3 Å². The first-order valence-electron chi connectivity index (χ1n) is 6.77. The van der Waals surface area contributed by atoms with Crippen LogP contribution in [0.3, 0.4) is 0 Å². The summed E-state index contributed by atoms with van der Waals surface area (Å²) in [6, 6.07) is 1.88. The van der Waals surface area contributed by atoms with Gasteiger partial charge < -0.3 is 10.5 Å². The van der Waals surface area contributed by atoms with E-state index in [2.05, 4.69) is 0 Å². The SMILES string of the molecule is CCC(CC)Oc1cc(N)ccc1C(F)(C(F)(F)F)C(F)(F)F. The normalized spacial score (nSPS) is 13.5. The molecule has 2 nitrogen and oxygen atoms in total. The van der Waals surface area contributed by atoms with Crippen molar-refractivity contribution in [2.45, 2.75) is 50.8 Å². The molecule has 0 unspecified atom stereocenters. The van der Waals surface area contributed by atoms with Gasteiger partial charge in [0.15, 0.2) is 0 Å². The van der Waals surface area contributed by atoms with E-state index in [0.29, 0.717) is 18.9 Å². The van der Waals surface area contributed by atoms with Gasteiger partial charge in [-0.25, -0.2) is 4.39 Å². The van der Waals surface area contributed by atoms with E-state index >= 15 is 0 Å². The highest BCUT2D eigenvalue weighted by Crippen LogP contribution is 2.55. The molecule has 0 atom stereocenters. The minimum atomic E-state index is -6.20. The van der Waals surface area contributed by atoms with Gasteiger partial charge in [-0.3, -0.25) is 0 Å². The Morgan fingerprint density at radius 2 is 1.43 bits per heavy atom. The van der Waals surface area contributed by atoms with Gasteiger partial charge in [0.25, 0.3) is 0 Å². The summed E-state index contributed by atoms with van der Waals surface area (Å²) < 4.78 is 96.7. The number of rotatable bonds is 5. The fourth-order valence-corrected chi connectivity index (χ4v) is 2.02. The summed E-state index contributed by atoms with van der Waals surface area (Å²) >= 11 is 0. The minimum Gasteiger partial charge on any atom is -0.490 e. The monoisotopic (exact) mass is 347 g/mol. The van der Waals surface area contributed by atoms with Crippen LogP contribution in [0.25, 0.3) is 0 Å². The van der Waals surface area contributed by atoms with Gasteiger partial charge in [-0.05, 0) is 25.0 Å². The zero-order chi connectivity index (χ0) is 18.1. The van der Waals surface area contributed by atoms with Crippen LogP contribution in [0.2, 0.25) is 0 Å². The fourth-order valence-electron chi connectivity index (χ4n) is 2.02. The molecular formula is C14H16F7NO. The maximum atomic E-state index is 14.2. The van der Waals surface area contributed by atoms with Crippen molar-refractivity contribution in [3.05, 3.63) is 23.8 Å². The minimum absolute atomic E-state index is 0.138. The Morgan fingerprint density at radius 3 is 1.83 bits per heavy atom. The third-order valence-electron chi connectivity index (χ3n) is 3.36. The number of anilines is 1. The van der Waals surface area contributed by atoms with Gasteiger partial charge >= 0.3 is 18.0 Å². The Morgan fingerprint density at radius 1 is 0.957 bits per heavy atom. The van der Waals surface area contributed by atoms with Crippen molar-refractivity contribution < 1.29 is 35.5 Å². The number of hydrogen-bond donors (Lipinski definition) is 1. The molecule has 0 aliphatic rings. The molecule has 9 heteroatoms. The van der Waals surface area contributed by atoms with Crippen molar-refractivity contribution in [3.63, 3.8) is 0 Å². The fraction of sp³-hybridized carbons (Fsp3) is 0.571. The number of benzene rings is 1. The Bertz CT molecular complexity index is 521. The Balaban J connectivity index is 3.56. The molecule has 1 aromatic rings. The molecular weight excluding hydrogens is 331 g/mol. The van der Waals surface area contributed by atoms with E-state index in [1.54, 1.807) is 13.8 Å². The Hall–Kier alpha value is -1.67. The molecule has 0 saturated heterocycles. The van der Waals surface area contributed by atoms with Crippen LogP contribution >= 0.6 is 0 Å². The van der Waals surface area contributed by atoms with Crippen LogP contribution in [0.15, 0.2) is 18.2 Å². The molecule has 0 saturated carbocycles. The third-order valence-corrected chi connectivity index (χ3v) is 3.36. The maximum Gasteiger partial charge on any atom is 0.436 e. The second kappa shape index (κ2) is 6.45. The predicted octanol–water partition coefficient (Wildman–Crippen LogP) is 5.13. The molecule has 0 fully saturated rings. The van der Waals surface area contributed by atoms with Crippen molar-refractivity contribution in [1.29, 1.82) is 0 Å². The lowest BCUT2D eigenvalue weighted by atomic mass is 9.93. The molecule has 0 amide bonds. The lowest BCUT2D eigenvalue weighted by Gasteiger charge is -2.32. The molecule has 0 spiro atoms. The largest absolute Gasteiger partial charge is 0.490 e. The number of nitrogens with two attached hydrogens (primary N) is 1. The lowest BCUT2D eigenvalue weighted by molar-refractivity contribution is -0.349. The van der Waals surface area contributed by atoms with Crippen LogP contribution < -0.4 is 10.5 Å². The number of hydrogen-bond acceptors (Lipinski definition) is 2. The maximum absolute atomic E-state index is 14.2. The molecule has 132 valence electrons. The standard InChI is InChI=1S/C14H16F7NO/c1-3-9(4-2)23-11-7-8(22)5-6-10(11)12(15,13(16,17)18)14(19,20)21/h5-7,9H,3-4,22H2,1-2H3. The summed E-state index contributed by atoms with van der Waals surface area (Å²) in [5, 5.41) is 0. The van der Waals surface area contributed by atoms with Gasteiger partial charge in [0.05, 0.1) is 11.7 Å². The van der Waals surface area contributed by atoms with E-state index in [1.807, 2.05) is 0 Å². The zero-order valence-electron chi connectivity index (χ0n) is 12.4. The van der Waals surface area contributed by atoms with Crippen LogP contribution in [-0.2, 0) is 5.67 Å². The van der Waals surface area contributed by atoms with Gasteiger partial charge in [0.2, 0.25) is 0 Å². The van der Waals surface area contributed by atoms with Crippen molar-refractivity contribution in [2.24, 2.45) is 0 Å². The molecule has 0 radical (unpaired) electrons. The van der Waals surface area contributed by atoms with Gasteiger partial charge in [-0.15, -0.1) is 0 Å². The Labute approximate surface area is 128 Å². The molecule has 0 bridgehead atoms. The van der Waals surface area contributed by atoms with Crippen molar-refractivity contribution in [2.75, 3.05) is 5.73 Å². The predicted molar refractivity (Wildman–Crippen MR) is 70.7 cm³/mol. The first kappa shape index (κ1) is 19.4. The number of ether oxygens (including phenoxy) is 1. The van der Waals surface area contributed by atoms with E-state index in [0.717, 1.165) is 12.1 Å². The second-order valence-corrected chi connectivity index (χ2v) is 4.97. The van der Waals surface area contributed by atoms with Gasteiger partial charge in [0.1, 0.15) is 5.75 Å². The highest BCUT2D eigenvalue weighted by atomic mass is 19.4. The highest BCUT2D eigenvalue weighted by molar-refractivity contribution is 5.51. The number of alkyl halides is 7. The van der Waals surface area contributed by atoms with Crippen molar-refractivity contribution in [1.82, 2.24) is 0 Å². The van der Waals surface area contributed by atoms with E-state index in [-0.39, 0.29) is 5.69 Å². The topological polar surface area (TPSA) is 35.2 Å². The van der Waals surface area contributed by atoms with E-state index in [1.165, 1.54) is 0 Å². The van der Waals surface area contributed by atoms with E-state index in [9.17, 15) is 30.7 Å². The van der Waals surface area contributed by atoms with Gasteiger partial charge in [0, 0.05) is 11.8 Å². The summed E-state index contributed by atoms with van der Waals surface area (Å²) in [6.07, 6.45) is -12.4. The number of halogens is 7. The molecule has 23 heavy (non-hydrogen) atoms. The van der Waals surface area contributed by atoms with Crippen LogP contribution in [0.1, 0.15) is 32.3 Å². The number of nitrogen functional groups attached to an aromatic ring is 1. The molecule has 1 aromatic carbocycles. The summed E-state index contributed by atoms with van der Waals surface area (Å²) in [4.78, 5) is 0. The van der Waals surface area contributed by atoms with Crippen LogP contribution in [0.5, 0.6) is 5.75 Å². The quantitative estimate of drug-likeness (QED) is 0.592. The highest BCUT2D eigenvalue weighted by Gasteiger charge is 2.74. The first-order chi connectivity index (χ1) is 10.4. The third kappa shape index (κ3) is 3.64. The molecule has 0 heterocycles. The summed E-state index contributed by atoms with van der Waals surface area (Å²) in [6.45, 7) is 3.27. The second-order valence-electron chi connectivity index (χ2n) is 4.97. The van der Waals surface area contributed by atoms with Crippen LogP contribution in [-0.4, -0.2) is 18.5 Å². The summed E-state index contributed by atoms with van der Waals surface area (Å²) in [7, 11) is 0.